The first-order valence-electron chi connectivity index (χ1n) is 11.6. The fourth-order valence-corrected chi connectivity index (χ4v) is 4.86. The lowest BCUT2D eigenvalue weighted by Crippen LogP contribution is -2.36. The molecule has 0 N–H and O–H groups in total. The fourth-order valence-electron chi connectivity index (χ4n) is 4.86. The molecule has 1 atom stereocenters. The second-order valence-corrected chi connectivity index (χ2v) is 8.80. The van der Waals surface area contributed by atoms with E-state index in [1.807, 2.05) is 60.6 Å². The number of carbonyl (C=O) groups excluding carboxylic acids is 1. The average molecular weight is 456 g/mol. The van der Waals surface area contributed by atoms with Crippen molar-refractivity contribution in [1.82, 2.24) is 14.3 Å². The third-order valence-corrected chi connectivity index (χ3v) is 6.75. The van der Waals surface area contributed by atoms with Crippen LogP contribution in [0.4, 0.5) is 0 Å². The number of pyridine rings is 1. The second-order valence-electron chi connectivity index (χ2n) is 8.80. The van der Waals surface area contributed by atoms with Gasteiger partial charge in [0.1, 0.15) is 17.1 Å². The van der Waals surface area contributed by atoms with Gasteiger partial charge in [-0.15, -0.1) is 0 Å². The maximum absolute atomic E-state index is 13.6. The van der Waals surface area contributed by atoms with Crippen LogP contribution >= 0.6 is 0 Å². The van der Waals surface area contributed by atoms with Crippen molar-refractivity contribution >= 4 is 11.6 Å². The highest BCUT2D eigenvalue weighted by Crippen LogP contribution is 2.35. The quantitative estimate of drug-likeness (QED) is 0.420. The number of nitrogens with zero attached hydrogens (tertiary/aromatic N) is 3. The molecule has 0 fully saturated rings. The van der Waals surface area contributed by atoms with E-state index in [4.69, 9.17) is 9.47 Å². The molecule has 5 rings (SSSR count). The van der Waals surface area contributed by atoms with Gasteiger partial charge in [0.05, 0.1) is 19.9 Å². The van der Waals surface area contributed by atoms with Crippen LogP contribution < -0.4 is 9.47 Å². The van der Waals surface area contributed by atoms with Crippen molar-refractivity contribution < 1.29 is 14.3 Å². The van der Waals surface area contributed by atoms with Crippen LogP contribution in [0.15, 0.2) is 67.0 Å². The Labute approximate surface area is 199 Å². The lowest BCUT2D eigenvalue weighted by Gasteiger charge is -2.30. The minimum atomic E-state index is -0.203. The van der Waals surface area contributed by atoms with Crippen molar-refractivity contribution in [2.24, 2.45) is 0 Å². The number of aryl methyl sites for hydroxylation is 1. The molecule has 0 aliphatic carbocycles. The Morgan fingerprint density at radius 2 is 1.76 bits per heavy atom. The Hall–Kier alpha value is -3.80. The van der Waals surface area contributed by atoms with Crippen LogP contribution in [-0.2, 0) is 17.8 Å². The number of imidazole rings is 1. The van der Waals surface area contributed by atoms with Crippen molar-refractivity contribution in [1.29, 1.82) is 0 Å². The molecule has 4 aromatic rings. The largest absolute Gasteiger partial charge is 0.497 e. The van der Waals surface area contributed by atoms with Crippen molar-refractivity contribution in [2.75, 3.05) is 20.8 Å². The summed E-state index contributed by atoms with van der Waals surface area (Å²) in [5.41, 5.74) is 6.49. The van der Waals surface area contributed by atoms with Gasteiger partial charge in [-0.05, 0) is 53.8 Å². The van der Waals surface area contributed by atoms with Crippen molar-refractivity contribution in [2.45, 2.75) is 32.2 Å². The molecule has 3 heterocycles. The summed E-state index contributed by atoms with van der Waals surface area (Å²) in [6.45, 7) is 3.43. The Balaban J connectivity index is 1.54. The number of rotatable bonds is 6. The van der Waals surface area contributed by atoms with Gasteiger partial charge in [0, 0.05) is 43.9 Å². The molecule has 6 heteroatoms. The summed E-state index contributed by atoms with van der Waals surface area (Å²) in [6.07, 6.45) is 5.11. The van der Waals surface area contributed by atoms with E-state index in [0.29, 0.717) is 24.5 Å². The SMILES string of the molecule is COc1cc(OC)cc(C(CC(=O)N2CCc3ccccc3C2)c2cnc3c(C)cccn23)c1. The lowest BCUT2D eigenvalue weighted by atomic mass is 9.91. The van der Waals surface area contributed by atoms with Crippen LogP contribution in [0.1, 0.15) is 40.3 Å². The number of methoxy groups -OCH3 is 2. The molecule has 1 unspecified atom stereocenters. The van der Waals surface area contributed by atoms with Crippen LogP contribution in [0, 0.1) is 6.92 Å². The Morgan fingerprint density at radius 3 is 2.50 bits per heavy atom. The van der Waals surface area contributed by atoms with Gasteiger partial charge in [0.2, 0.25) is 5.91 Å². The fraction of sp³-hybridized carbons (Fsp3) is 0.286. The summed E-state index contributed by atoms with van der Waals surface area (Å²) in [7, 11) is 3.28. The van der Waals surface area contributed by atoms with Gasteiger partial charge in [-0.3, -0.25) is 4.79 Å². The monoisotopic (exact) mass is 455 g/mol. The van der Waals surface area contributed by atoms with E-state index in [1.165, 1.54) is 11.1 Å². The molecule has 34 heavy (non-hydrogen) atoms. The molecule has 0 spiro atoms. The molecule has 1 aliphatic heterocycles. The molecule has 0 bridgehead atoms. The summed E-state index contributed by atoms with van der Waals surface area (Å²) < 4.78 is 13.2. The van der Waals surface area contributed by atoms with Crippen LogP contribution in [0.3, 0.4) is 0 Å². The molecule has 1 amide bonds. The highest BCUT2D eigenvalue weighted by atomic mass is 16.5. The molecule has 0 radical (unpaired) electrons. The summed E-state index contributed by atoms with van der Waals surface area (Å²) in [5, 5.41) is 0. The maximum Gasteiger partial charge on any atom is 0.223 e. The van der Waals surface area contributed by atoms with Crippen molar-refractivity contribution in [3.63, 3.8) is 0 Å². The van der Waals surface area contributed by atoms with Gasteiger partial charge in [-0.2, -0.15) is 0 Å². The molecule has 2 aromatic heterocycles. The molecule has 174 valence electrons. The smallest absolute Gasteiger partial charge is 0.223 e. The number of benzene rings is 2. The normalized spacial score (nSPS) is 14.0. The summed E-state index contributed by atoms with van der Waals surface area (Å²) >= 11 is 0. The van der Waals surface area contributed by atoms with E-state index >= 15 is 0 Å². The molecular weight excluding hydrogens is 426 g/mol. The third-order valence-electron chi connectivity index (χ3n) is 6.75. The average Bonchev–Trinajstić information content (AvgIpc) is 3.31. The predicted molar refractivity (Wildman–Crippen MR) is 131 cm³/mol. The lowest BCUT2D eigenvalue weighted by molar-refractivity contribution is -0.132. The molecule has 0 saturated heterocycles. The highest BCUT2D eigenvalue weighted by molar-refractivity contribution is 5.78. The predicted octanol–water partition coefficient (Wildman–Crippen LogP) is 4.77. The number of aromatic nitrogens is 2. The van der Waals surface area contributed by atoms with Gasteiger partial charge in [-0.25, -0.2) is 4.98 Å². The minimum absolute atomic E-state index is 0.129. The summed E-state index contributed by atoms with van der Waals surface area (Å²) in [6, 6.07) is 18.3. The van der Waals surface area contributed by atoms with E-state index in [-0.39, 0.29) is 11.8 Å². The van der Waals surface area contributed by atoms with E-state index in [9.17, 15) is 4.79 Å². The number of carbonyl (C=O) groups is 1. The Morgan fingerprint density at radius 1 is 1.03 bits per heavy atom. The van der Waals surface area contributed by atoms with Gasteiger partial charge in [0.15, 0.2) is 0 Å². The highest BCUT2D eigenvalue weighted by Gasteiger charge is 2.28. The number of hydrogen-bond acceptors (Lipinski definition) is 4. The van der Waals surface area contributed by atoms with E-state index in [0.717, 1.165) is 35.4 Å². The number of hydrogen-bond donors (Lipinski definition) is 0. The van der Waals surface area contributed by atoms with Crippen molar-refractivity contribution in [3.05, 3.63) is 94.9 Å². The van der Waals surface area contributed by atoms with Crippen LogP contribution in [0.2, 0.25) is 0 Å². The number of fused-ring (bicyclic) bond motifs is 2. The third kappa shape index (κ3) is 4.12. The standard InChI is InChI=1S/C28H29N3O3/c1-19-7-6-11-31-26(17-29-28(19)31)25(22-13-23(33-2)15-24(14-22)34-3)16-27(32)30-12-10-20-8-4-5-9-21(20)18-30/h4-9,11,13-15,17,25H,10,12,16,18H2,1-3H3. The zero-order chi connectivity index (χ0) is 23.7. The zero-order valence-corrected chi connectivity index (χ0v) is 19.8. The van der Waals surface area contributed by atoms with E-state index in [1.54, 1.807) is 14.2 Å². The van der Waals surface area contributed by atoms with E-state index < -0.39 is 0 Å². The van der Waals surface area contributed by atoms with Crippen LogP contribution in [0.25, 0.3) is 5.65 Å². The van der Waals surface area contributed by atoms with Crippen LogP contribution in [0.5, 0.6) is 11.5 Å². The second kappa shape index (κ2) is 9.21. The van der Waals surface area contributed by atoms with Gasteiger partial charge in [-0.1, -0.05) is 30.3 Å². The van der Waals surface area contributed by atoms with Gasteiger partial charge >= 0.3 is 0 Å². The Bertz CT molecular complexity index is 1320. The number of ether oxygens (including phenoxy) is 2. The van der Waals surface area contributed by atoms with Gasteiger partial charge in [0.25, 0.3) is 0 Å². The Kier molecular flexibility index (Phi) is 5.97. The molecule has 0 saturated carbocycles. The zero-order valence-electron chi connectivity index (χ0n) is 19.8. The molecular formula is C28H29N3O3. The topological polar surface area (TPSA) is 56.1 Å². The van der Waals surface area contributed by atoms with Gasteiger partial charge < -0.3 is 18.8 Å². The minimum Gasteiger partial charge on any atom is -0.497 e. The first kappa shape index (κ1) is 22.0. The molecule has 2 aromatic carbocycles. The summed E-state index contributed by atoms with van der Waals surface area (Å²) in [4.78, 5) is 20.3. The maximum atomic E-state index is 13.6. The molecule has 1 aliphatic rings. The number of amides is 1. The summed E-state index contributed by atoms with van der Waals surface area (Å²) in [5.74, 6) is 1.32. The first-order chi connectivity index (χ1) is 16.6. The van der Waals surface area contributed by atoms with Crippen molar-refractivity contribution in [3.8, 4) is 11.5 Å². The molecule has 6 nitrogen and oxygen atoms in total. The van der Waals surface area contributed by atoms with Crippen LogP contribution in [-0.4, -0.2) is 41.0 Å². The first-order valence-corrected chi connectivity index (χ1v) is 11.6. The van der Waals surface area contributed by atoms with E-state index in [2.05, 4.69) is 27.6 Å².